The van der Waals surface area contributed by atoms with Gasteiger partial charge >= 0.3 is 12.1 Å². The maximum absolute atomic E-state index is 14.3. The van der Waals surface area contributed by atoms with E-state index in [2.05, 4.69) is 5.32 Å². The summed E-state index contributed by atoms with van der Waals surface area (Å²) < 4.78 is 25.4. The molecule has 0 saturated heterocycles. The van der Waals surface area contributed by atoms with Crippen molar-refractivity contribution in [2.24, 2.45) is 0 Å². The lowest BCUT2D eigenvalue weighted by atomic mass is 9.98. The number of hydrogen-bond acceptors (Lipinski definition) is 4. The maximum atomic E-state index is 14.3. The molecule has 1 amide bonds. The molecule has 0 aliphatic heterocycles. The Balaban J connectivity index is 1.25. The molecule has 5 rings (SSSR count). The highest BCUT2D eigenvalue weighted by Gasteiger charge is 2.30. The van der Waals surface area contributed by atoms with Crippen molar-refractivity contribution in [2.75, 3.05) is 6.61 Å². The van der Waals surface area contributed by atoms with Gasteiger partial charge < -0.3 is 19.9 Å². The Morgan fingerprint density at radius 3 is 2.14 bits per heavy atom. The monoisotopic (exact) mass is 497 g/mol. The molecule has 0 bridgehead atoms. The largest absolute Gasteiger partial charge is 0.480 e. The zero-order chi connectivity index (χ0) is 25.8. The first-order chi connectivity index (χ1) is 18.0. The Kier molecular flexibility index (Phi) is 6.85. The summed E-state index contributed by atoms with van der Waals surface area (Å²) in [5, 5.41) is 12.1. The molecule has 2 N–H and O–H groups in total. The van der Waals surface area contributed by atoms with Crippen molar-refractivity contribution >= 4 is 12.1 Å². The summed E-state index contributed by atoms with van der Waals surface area (Å²) >= 11 is 0. The van der Waals surface area contributed by atoms with Crippen molar-refractivity contribution in [3.63, 3.8) is 0 Å². The summed E-state index contributed by atoms with van der Waals surface area (Å²) in [6.45, 7) is 0.0673. The van der Waals surface area contributed by atoms with Gasteiger partial charge in [0, 0.05) is 12.3 Å². The molecule has 1 atom stereocenters. The van der Waals surface area contributed by atoms with E-state index >= 15 is 0 Å². The minimum Gasteiger partial charge on any atom is -0.480 e. The number of fused-ring (bicyclic) bond motifs is 3. The number of carboxylic acids is 1. The minimum absolute atomic E-state index is 0.0334. The van der Waals surface area contributed by atoms with Gasteiger partial charge in [-0.15, -0.1) is 0 Å². The van der Waals surface area contributed by atoms with Gasteiger partial charge in [-0.2, -0.15) is 0 Å². The third kappa shape index (κ3) is 5.30. The van der Waals surface area contributed by atoms with Gasteiger partial charge in [0.1, 0.15) is 18.4 Å². The Bertz CT molecular complexity index is 1390. The summed E-state index contributed by atoms with van der Waals surface area (Å²) in [6, 6.07) is 27.4. The standard InChI is InChI=1S/C30H24FNO5/c31-26-15-14-19(17-28(26)37-20-8-2-1-3-9-20)16-27(29(33)34)32-30(35)36-18-25-23-12-6-4-10-21(23)22-11-5-7-13-24(22)25/h1-15,17,25,27H,16,18H2,(H,32,35)(H,33,34). The van der Waals surface area contributed by atoms with Crippen LogP contribution in [0.15, 0.2) is 97.1 Å². The van der Waals surface area contributed by atoms with Crippen LogP contribution in [0.2, 0.25) is 0 Å². The highest BCUT2D eigenvalue weighted by atomic mass is 19.1. The van der Waals surface area contributed by atoms with Crippen LogP contribution in [0, 0.1) is 5.82 Å². The van der Waals surface area contributed by atoms with Gasteiger partial charge in [0.2, 0.25) is 0 Å². The lowest BCUT2D eigenvalue weighted by molar-refractivity contribution is -0.139. The van der Waals surface area contributed by atoms with Gasteiger partial charge in [0.25, 0.3) is 0 Å². The third-order valence-electron chi connectivity index (χ3n) is 6.34. The first-order valence-electron chi connectivity index (χ1n) is 11.9. The number of alkyl carbamates (subject to hydrolysis) is 1. The molecule has 1 aliphatic carbocycles. The number of carbonyl (C=O) groups excluding carboxylic acids is 1. The van der Waals surface area contributed by atoms with Gasteiger partial charge in [-0.25, -0.2) is 14.0 Å². The first kappa shape index (κ1) is 24.1. The number of hydrogen-bond donors (Lipinski definition) is 2. The Morgan fingerprint density at radius 1 is 0.865 bits per heavy atom. The Morgan fingerprint density at radius 2 is 1.49 bits per heavy atom. The third-order valence-corrected chi connectivity index (χ3v) is 6.34. The highest BCUT2D eigenvalue weighted by Crippen LogP contribution is 2.44. The van der Waals surface area contributed by atoms with E-state index in [-0.39, 0.29) is 24.7 Å². The van der Waals surface area contributed by atoms with Gasteiger partial charge in [-0.1, -0.05) is 72.8 Å². The number of ether oxygens (including phenoxy) is 2. The fourth-order valence-electron chi connectivity index (χ4n) is 4.59. The number of para-hydroxylation sites is 1. The molecule has 6 nitrogen and oxygen atoms in total. The second-order valence-corrected chi connectivity index (χ2v) is 8.74. The fourth-order valence-corrected chi connectivity index (χ4v) is 4.59. The molecule has 4 aromatic rings. The van der Waals surface area contributed by atoms with Crippen LogP contribution in [-0.2, 0) is 16.0 Å². The molecule has 186 valence electrons. The van der Waals surface area contributed by atoms with E-state index in [1.807, 2.05) is 54.6 Å². The van der Waals surface area contributed by atoms with E-state index in [9.17, 15) is 19.1 Å². The predicted molar refractivity (Wildman–Crippen MR) is 136 cm³/mol. The smallest absolute Gasteiger partial charge is 0.407 e. The predicted octanol–water partition coefficient (Wildman–Crippen LogP) is 6.15. The zero-order valence-electron chi connectivity index (χ0n) is 19.8. The minimum atomic E-state index is -1.27. The van der Waals surface area contributed by atoms with Crippen LogP contribution < -0.4 is 10.1 Å². The number of rotatable bonds is 8. The van der Waals surface area contributed by atoms with Crippen molar-refractivity contribution in [1.82, 2.24) is 5.32 Å². The van der Waals surface area contributed by atoms with Crippen molar-refractivity contribution in [1.29, 1.82) is 0 Å². The Hall–Kier alpha value is -4.65. The second-order valence-electron chi connectivity index (χ2n) is 8.74. The summed E-state index contributed by atoms with van der Waals surface area (Å²) in [6.07, 6.45) is -0.914. The van der Waals surface area contributed by atoms with E-state index in [1.165, 1.54) is 18.2 Å². The number of aliphatic carboxylic acids is 1. The van der Waals surface area contributed by atoms with Gasteiger partial charge in [0.05, 0.1) is 0 Å². The number of halogens is 1. The molecule has 0 radical (unpaired) electrons. The van der Waals surface area contributed by atoms with Crippen molar-refractivity contribution in [3.05, 3.63) is 120 Å². The van der Waals surface area contributed by atoms with Gasteiger partial charge in [-0.3, -0.25) is 0 Å². The van der Waals surface area contributed by atoms with Crippen molar-refractivity contribution in [3.8, 4) is 22.6 Å². The molecule has 0 spiro atoms. The lowest BCUT2D eigenvalue weighted by Gasteiger charge is -2.18. The van der Waals surface area contributed by atoms with E-state index in [0.29, 0.717) is 11.3 Å². The molecule has 0 aromatic heterocycles. The van der Waals surface area contributed by atoms with E-state index in [4.69, 9.17) is 9.47 Å². The van der Waals surface area contributed by atoms with Crippen LogP contribution >= 0.6 is 0 Å². The molecule has 37 heavy (non-hydrogen) atoms. The molecule has 0 fully saturated rings. The number of benzene rings is 4. The average Bonchev–Trinajstić information content (AvgIpc) is 3.23. The second kappa shape index (κ2) is 10.5. The number of carbonyl (C=O) groups is 2. The van der Waals surface area contributed by atoms with E-state index in [0.717, 1.165) is 22.3 Å². The number of nitrogens with one attached hydrogen (secondary N) is 1. The molecule has 7 heteroatoms. The molecule has 1 aliphatic rings. The maximum Gasteiger partial charge on any atom is 0.407 e. The first-order valence-corrected chi connectivity index (χ1v) is 11.9. The molecular weight excluding hydrogens is 473 g/mol. The van der Waals surface area contributed by atoms with Crippen LogP contribution in [-0.4, -0.2) is 29.8 Å². The van der Waals surface area contributed by atoms with Crippen LogP contribution in [0.25, 0.3) is 11.1 Å². The molecule has 0 heterocycles. The number of amides is 1. The summed E-state index contributed by atoms with van der Waals surface area (Å²) in [7, 11) is 0. The highest BCUT2D eigenvalue weighted by molar-refractivity contribution is 5.81. The van der Waals surface area contributed by atoms with Crippen LogP contribution in [0.3, 0.4) is 0 Å². The topological polar surface area (TPSA) is 84.9 Å². The SMILES string of the molecule is O=C(NC(Cc1ccc(F)c(Oc2ccccc2)c1)C(=O)O)OCC1c2ccccc2-c2ccccc21. The van der Waals surface area contributed by atoms with Gasteiger partial charge in [0.15, 0.2) is 11.6 Å². The van der Waals surface area contributed by atoms with E-state index in [1.54, 1.807) is 24.3 Å². The number of carboxylic acid groups (broad SMARTS) is 1. The quantitative estimate of drug-likeness (QED) is 0.305. The fraction of sp³-hybridized carbons (Fsp3) is 0.133. The molecular formula is C30H24FNO5. The normalized spacial score (nSPS) is 12.8. The Labute approximate surface area is 213 Å². The lowest BCUT2D eigenvalue weighted by Crippen LogP contribution is -2.42. The average molecular weight is 498 g/mol. The van der Waals surface area contributed by atoms with Crippen molar-refractivity contribution < 1.29 is 28.6 Å². The van der Waals surface area contributed by atoms with Crippen molar-refractivity contribution in [2.45, 2.75) is 18.4 Å². The van der Waals surface area contributed by atoms with Crippen LogP contribution in [0.1, 0.15) is 22.6 Å². The van der Waals surface area contributed by atoms with Crippen LogP contribution in [0.5, 0.6) is 11.5 Å². The molecule has 1 unspecified atom stereocenters. The van der Waals surface area contributed by atoms with Gasteiger partial charge in [-0.05, 0) is 52.1 Å². The van der Waals surface area contributed by atoms with E-state index < -0.39 is 23.9 Å². The summed E-state index contributed by atoms with van der Waals surface area (Å²) in [5.74, 6) is -1.54. The molecule has 4 aromatic carbocycles. The summed E-state index contributed by atoms with van der Waals surface area (Å²) in [5.41, 5.74) is 4.80. The van der Waals surface area contributed by atoms with Crippen LogP contribution in [0.4, 0.5) is 9.18 Å². The zero-order valence-corrected chi connectivity index (χ0v) is 19.8. The molecule has 0 saturated carbocycles. The summed E-state index contributed by atoms with van der Waals surface area (Å²) in [4.78, 5) is 24.5.